The van der Waals surface area contributed by atoms with Crippen LogP contribution in [0.15, 0.2) is 66.7 Å². The van der Waals surface area contributed by atoms with E-state index in [4.69, 9.17) is 4.74 Å². The summed E-state index contributed by atoms with van der Waals surface area (Å²) in [6.07, 6.45) is 0. The van der Waals surface area contributed by atoms with Crippen LogP contribution in [-0.2, 0) is 9.59 Å². The topological polar surface area (TPSA) is 49.9 Å². The summed E-state index contributed by atoms with van der Waals surface area (Å²) in [4.78, 5) is 30.8. The van der Waals surface area contributed by atoms with Gasteiger partial charge < -0.3 is 9.64 Å². The van der Waals surface area contributed by atoms with Crippen molar-refractivity contribution in [2.24, 2.45) is 0 Å². The van der Waals surface area contributed by atoms with Crippen molar-refractivity contribution in [2.75, 3.05) is 23.5 Å². The van der Waals surface area contributed by atoms with Crippen molar-refractivity contribution in [3.05, 3.63) is 89.0 Å². The van der Waals surface area contributed by atoms with Crippen LogP contribution in [0.3, 0.4) is 0 Å². The van der Waals surface area contributed by atoms with Gasteiger partial charge in [0.05, 0.1) is 7.11 Å². The highest BCUT2D eigenvalue weighted by molar-refractivity contribution is 6.14. The van der Waals surface area contributed by atoms with E-state index in [2.05, 4.69) is 13.8 Å². The third-order valence-corrected chi connectivity index (χ3v) is 6.46. The van der Waals surface area contributed by atoms with Gasteiger partial charge in [-0.2, -0.15) is 0 Å². The van der Waals surface area contributed by atoms with Crippen LogP contribution in [-0.4, -0.2) is 25.5 Å². The molecule has 170 valence electrons. The van der Waals surface area contributed by atoms with E-state index in [9.17, 15) is 9.59 Å². The minimum Gasteiger partial charge on any atom is -0.497 e. The lowest BCUT2D eigenvalue weighted by Gasteiger charge is -2.41. The molecule has 0 N–H and O–H groups in total. The van der Waals surface area contributed by atoms with E-state index in [-0.39, 0.29) is 18.4 Å². The number of hydrogen-bond donors (Lipinski definition) is 0. The number of hydrogen-bond acceptors (Lipinski definition) is 3. The van der Waals surface area contributed by atoms with Crippen LogP contribution in [0.1, 0.15) is 48.1 Å². The number of piperazine rings is 1. The van der Waals surface area contributed by atoms with Gasteiger partial charge in [0.25, 0.3) is 5.91 Å². The maximum absolute atomic E-state index is 14.0. The maximum Gasteiger partial charge on any atom is 0.255 e. The molecule has 4 rings (SSSR count). The van der Waals surface area contributed by atoms with Crippen molar-refractivity contribution >= 4 is 23.2 Å². The molecule has 1 aliphatic rings. The minimum atomic E-state index is -0.749. The van der Waals surface area contributed by atoms with Gasteiger partial charge in [0.15, 0.2) is 0 Å². The zero-order chi connectivity index (χ0) is 23.7. The predicted octanol–water partition coefficient (Wildman–Crippen LogP) is 5.56. The van der Waals surface area contributed by atoms with Crippen molar-refractivity contribution in [1.29, 1.82) is 0 Å². The second kappa shape index (κ2) is 9.10. The molecule has 2 amide bonds. The Bertz CT molecular complexity index is 1170. The Labute approximate surface area is 195 Å². The molecule has 1 saturated heterocycles. The third kappa shape index (κ3) is 4.23. The van der Waals surface area contributed by atoms with Crippen LogP contribution >= 0.6 is 0 Å². The first-order chi connectivity index (χ1) is 15.8. The van der Waals surface area contributed by atoms with Crippen LogP contribution in [0.5, 0.6) is 5.75 Å². The molecule has 5 heteroatoms. The number of nitrogens with zero attached hydrogens (tertiary/aromatic N) is 2. The quantitative estimate of drug-likeness (QED) is 0.520. The zero-order valence-electron chi connectivity index (χ0n) is 19.8. The van der Waals surface area contributed by atoms with Crippen molar-refractivity contribution < 1.29 is 14.3 Å². The number of anilines is 2. The first kappa shape index (κ1) is 22.6. The van der Waals surface area contributed by atoms with Crippen LogP contribution in [0.25, 0.3) is 0 Å². The summed E-state index contributed by atoms with van der Waals surface area (Å²) in [6.45, 7) is 8.27. The summed E-state index contributed by atoms with van der Waals surface area (Å²) < 4.78 is 5.27. The Kier molecular flexibility index (Phi) is 6.23. The molecule has 3 aromatic carbocycles. The van der Waals surface area contributed by atoms with Crippen molar-refractivity contribution in [2.45, 2.75) is 39.7 Å². The molecular weight excluding hydrogens is 412 g/mol. The monoisotopic (exact) mass is 442 g/mol. The standard InChI is InChI=1S/C28H30N2O3/c1-18(2)21-9-11-22(12-10-21)27-28(32)29(25-8-6-7-19(3)20(25)4)17-26(31)30(27)23-13-15-24(33-5)16-14-23/h6-16,18,27H,17H2,1-5H3. The van der Waals surface area contributed by atoms with E-state index in [1.165, 1.54) is 5.56 Å². The van der Waals surface area contributed by atoms with E-state index < -0.39 is 6.04 Å². The zero-order valence-corrected chi connectivity index (χ0v) is 19.8. The normalized spacial score (nSPS) is 16.5. The van der Waals surface area contributed by atoms with Crippen molar-refractivity contribution in [3.63, 3.8) is 0 Å². The van der Waals surface area contributed by atoms with Gasteiger partial charge in [0.1, 0.15) is 18.3 Å². The number of ether oxygens (including phenoxy) is 1. The molecule has 1 heterocycles. The lowest BCUT2D eigenvalue weighted by atomic mass is 9.95. The SMILES string of the molecule is COc1ccc(N2C(=O)CN(c3cccc(C)c3C)C(=O)C2c2ccc(C(C)C)cc2)cc1. The predicted molar refractivity (Wildman–Crippen MR) is 132 cm³/mol. The summed E-state index contributed by atoms with van der Waals surface area (Å²) in [5, 5.41) is 0. The number of rotatable bonds is 5. The van der Waals surface area contributed by atoms with Gasteiger partial charge in [-0.15, -0.1) is 0 Å². The third-order valence-electron chi connectivity index (χ3n) is 6.46. The minimum absolute atomic E-state index is 0.00423. The fourth-order valence-electron chi connectivity index (χ4n) is 4.31. The molecule has 3 aromatic rings. The Morgan fingerprint density at radius 3 is 2.18 bits per heavy atom. The Hall–Kier alpha value is -3.60. The van der Waals surface area contributed by atoms with Crippen LogP contribution in [0.2, 0.25) is 0 Å². The largest absolute Gasteiger partial charge is 0.497 e. The molecule has 0 aromatic heterocycles. The molecule has 5 nitrogen and oxygen atoms in total. The van der Waals surface area contributed by atoms with Gasteiger partial charge in [0, 0.05) is 11.4 Å². The number of amides is 2. The van der Waals surface area contributed by atoms with Crippen LogP contribution < -0.4 is 14.5 Å². The summed E-state index contributed by atoms with van der Waals surface area (Å²) in [7, 11) is 1.60. The number of methoxy groups -OCH3 is 1. The van der Waals surface area contributed by atoms with Gasteiger partial charge in [-0.25, -0.2) is 0 Å². The van der Waals surface area contributed by atoms with E-state index in [1.807, 2.05) is 80.6 Å². The highest BCUT2D eigenvalue weighted by atomic mass is 16.5. The molecule has 0 aliphatic carbocycles. The van der Waals surface area contributed by atoms with Gasteiger partial charge >= 0.3 is 0 Å². The Balaban J connectivity index is 1.82. The summed E-state index contributed by atoms with van der Waals surface area (Å²) in [5.74, 6) is 0.839. The average molecular weight is 443 g/mol. The molecule has 33 heavy (non-hydrogen) atoms. The molecule has 1 fully saturated rings. The average Bonchev–Trinajstić information content (AvgIpc) is 2.82. The van der Waals surface area contributed by atoms with Crippen LogP contribution in [0, 0.1) is 13.8 Å². The van der Waals surface area contributed by atoms with Gasteiger partial charge in [-0.05, 0) is 72.4 Å². The van der Waals surface area contributed by atoms with E-state index in [0.717, 1.165) is 22.4 Å². The summed E-state index contributed by atoms with van der Waals surface area (Å²) >= 11 is 0. The molecule has 0 spiro atoms. The van der Waals surface area contributed by atoms with E-state index in [0.29, 0.717) is 17.4 Å². The fraction of sp³-hybridized carbons (Fsp3) is 0.286. The number of aryl methyl sites for hydroxylation is 1. The van der Waals surface area contributed by atoms with E-state index >= 15 is 0 Å². The lowest BCUT2D eigenvalue weighted by Crippen LogP contribution is -2.56. The van der Waals surface area contributed by atoms with E-state index in [1.54, 1.807) is 16.9 Å². The Morgan fingerprint density at radius 1 is 0.909 bits per heavy atom. The first-order valence-electron chi connectivity index (χ1n) is 11.3. The fourth-order valence-corrected chi connectivity index (χ4v) is 4.31. The highest BCUT2D eigenvalue weighted by Gasteiger charge is 2.42. The highest BCUT2D eigenvalue weighted by Crippen LogP contribution is 2.36. The second-order valence-electron chi connectivity index (χ2n) is 8.83. The van der Waals surface area contributed by atoms with Gasteiger partial charge in [-0.3, -0.25) is 14.5 Å². The lowest BCUT2D eigenvalue weighted by molar-refractivity contribution is -0.128. The molecule has 1 atom stereocenters. The first-order valence-corrected chi connectivity index (χ1v) is 11.3. The molecular formula is C28H30N2O3. The van der Waals surface area contributed by atoms with Crippen molar-refractivity contribution in [1.82, 2.24) is 0 Å². The van der Waals surface area contributed by atoms with Crippen LogP contribution in [0.4, 0.5) is 11.4 Å². The smallest absolute Gasteiger partial charge is 0.255 e. The molecule has 0 saturated carbocycles. The second-order valence-corrected chi connectivity index (χ2v) is 8.83. The maximum atomic E-state index is 14.0. The number of carbonyl (C=O) groups excluding carboxylic acids is 2. The van der Waals surface area contributed by atoms with Gasteiger partial charge in [-0.1, -0.05) is 50.2 Å². The van der Waals surface area contributed by atoms with Gasteiger partial charge in [0.2, 0.25) is 5.91 Å². The number of benzene rings is 3. The molecule has 0 radical (unpaired) electrons. The molecule has 1 aliphatic heterocycles. The molecule has 1 unspecified atom stereocenters. The summed E-state index contributed by atoms with van der Waals surface area (Å²) in [6, 6.07) is 20.4. The summed E-state index contributed by atoms with van der Waals surface area (Å²) in [5.41, 5.74) is 5.53. The molecule has 0 bridgehead atoms. The van der Waals surface area contributed by atoms with Crippen molar-refractivity contribution in [3.8, 4) is 5.75 Å². The Morgan fingerprint density at radius 2 is 1.58 bits per heavy atom. The number of carbonyl (C=O) groups is 2.